The standard InChI is InChI=1S/C28H39N5O3S2/c1-7-32(8-2)38(35,36)25-16-12-13-23(17-25)27-29-30-28(33(27)24-14-10-9-11-15-24)37-20-26(34)31(18-21(3)4)19-22(5)6/h9-17,21-22H,7-8,18-20H2,1-6H3. The van der Waals surface area contributed by atoms with Gasteiger partial charge >= 0.3 is 0 Å². The van der Waals surface area contributed by atoms with E-state index in [0.29, 0.717) is 54.6 Å². The van der Waals surface area contributed by atoms with Crippen molar-refractivity contribution in [1.29, 1.82) is 0 Å². The third-order valence-electron chi connectivity index (χ3n) is 5.93. The molecule has 0 atom stereocenters. The Bertz CT molecular complexity index is 1290. The Labute approximate surface area is 231 Å². The van der Waals surface area contributed by atoms with E-state index in [1.807, 2.05) is 59.7 Å². The Morgan fingerprint density at radius 1 is 0.921 bits per heavy atom. The molecule has 0 radical (unpaired) electrons. The minimum Gasteiger partial charge on any atom is -0.341 e. The maximum Gasteiger partial charge on any atom is 0.243 e. The predicted octanol–water partition coefficient (Wildman–Crippen LogP) is 5.20. The first-order chi connectivity index (χ1) is 18.1. The monoisotopic (exact) mass is 557 g/mol. The summed E-state index contributed by atoms with van der Waals surface area (Å²) in [5.74, 6) is 1.57. The van der Waals surface area contributed by atoms with Crippen LogP contribution in [0.25, 0.3) is 17.1 Å². The van der Waals surface area contributed by atoms with Gasteiger partial charge in [0.15, 0.2) is 11.0 Å². The van der Waals surface area contributed by atoms with E-state index in [-0.39, 0.29) is 16.6 Å². The number of sulfonamides is 1. The van der Waals surface area contributed by atoms with E-state index in [9.17, 15) is 13.2 Å². The van der Waals surface area contributed by atoms with E-state index >= 15 is 0 Å². The van der Waals surface area contributed by atoms with Gasteiger partial charge in [0.25, 0.3) is 0 Å². The maximum absolute atomic E-state index is 13.2. The van der Waals surface area contributed by atoms with Crippen molar-refractivity contribution in [3.05, 3.63) is 54.6 Å². The normalized spacial score (nSPS) is 12.0. The van der Waals surface area contributed by atoms with Crippen LogP contribution in [0, 0.1) is 11.8 Å². The van der Waals surface area contributed by atoms with Gasteiger partial charge in [-0.15, -0.1) is 10.2 Å². The van der Waals surface area contributed by atoms with Gasteiger partial charge in [-0.3, -0.25) is 9.36 Å². The summed E-state index contributed by atoms with van der Waals surface area (Å²) in [5.41, 5.74) is 1.47. The molecule has 1 heterocycles. The van der Waals surface area contributed by atoms with Crippen LogP contribution in [-0.2, 0) is 14.8 Å². The molecule has 3 rings (SSSR count). The first-order valence-electron chi connectivity index (χ1n) is 13.1. The molecule has 0 spiro atoms. The summed E-state index contributed by atoms with van der Waals surface area (Å²) in [5, 5.41) is 9.45. The van der Waals surface area contributed by atoms with E-state index in [1.165, 1.54) is 16.1 Å². The summed E-state index contributed by atoms with van der Waals surface area (Å²) in [4.78, 5) is 15.3. The third kappa shape index (κ3) is 7.24. The molecule has 0 fully saturated rings. The molecule has 1 aromatic heterocycles. The van der Waals surface area contributed by atoms with Gasteiger partial charge in [0.2, 0.25) is 15.9 Å². The lowest BCUT2D eigenvalue weighted by Gasteiger charge is -2.26. The van der Waals surface area contributed by atoms with Gasteiger partial charge in [-0.25, -0.2) is 8.42 Å². The molecule has 1 amide bonds. The van der Waals surface area contributed by atoms with Crippen molar-refractivity contribution in [2.24, 2.45) is 11.8 Å². The van der Waals surface area contributed by atoms with E-state index in [0.717, 1.165) is 5.69 Å². The van der Waals surface area contributed by atoms with Crippen molar-refractivity contribution in [1.82, 2.24) is 24.0 Å². The molecule has 206 valence electrons. The highest BCUT2D eigenvalue weighted by molar-refractivity contribution is 7.99. The van der Waals surface area contributed by atoms with Crippen molar-refractivity contribution >= 4 is 27.7 Å². The summed E-state index contributed by atoms with van der Waals surface area (Å²) in [6, 6.07) is 16.5. The van der Waals surface area contributed by atoms with Crippen LogP contribution < -0.4 is 0 Å². The zero-order valence-electron chi connectivity index (χ0n) is 23.2. The number of nitrogens with zero attached hydrogens (tertiary/aromatic N) is 5. The molecule has 0 aliphatic rings. The van der Waals surface area contributed by atoms with Gasteiger partial charge in [0.1, 0.15) is 0 Å². The average Bonchev–Trinajstić information content (AvgIpc) is 3.31. The molecule has 8 nitrogen and oxygen atoms in total. The smallest absolute Gasteiger partial charge is 0.243 e. The van der Waals surface area contributed by atoms with Crippen LogP contribution in [0.15, 0.2) is 64.6 Å². The predicted molar refractivity (Wildman–Crippen MR) is 154 cm³/mol. The first-order valence-corrected chi connectivity index (χ1v) is 15.5. The minimum absolute atomic E-state index is 0.0638. The molecule has 0 N–H and O–H groups in total. The largest absolute Gasteiger partial charge is 0.341 e. The SMILES string of the molecule is CCN(CC)S(=O)(=O)c1cccc(-c2nnc(SCC(=O)N(CC(C)C)CC(C)C)n2-c2ccccc2)c1. The van der Waals surface area contributed by atoms with E-state index in [2.05, 4.69) is 37.9 Å². The highest BCUT2D eigenvalue weighted by atomic mass is 32.2. The van der Waals surface area contributed by atoms with Gasteiger partial charge in [0.05, 0.1) is 10.6 Å². The van der Waals surface area contributed by atoms with Crippen molar-refractivity contribution in [2.75, 3.05) is 31.9 Å². The number of para-hydroxylation sites is 1. The lowest BCUT2D eigenvalue weighted by molar-refractivity contribution is -0.129. The fraction of sp³-hybridized carbons (Fsp3) is 0.464. The number of thioether (sulfide) groups is 1. The minimum atomic E-state index is -3.63. The van der Waals surface area contributed by atoms with Gasteiger partial charge in [-0.2, -0.15) is 4.31 Å². The van der Waals surface area contributed by atoms with Crippen LogP contribution in [0.1, 0.15) is 41.5 Å². The molecule has 0 saturated carbocycles. The van der Waals surface area contributed by atoms with Crippen molar-refractivity contribution in [3.63, 3.8) is 0 Å². The van der Waals surface area contributed by atoms with Crippen LogP contribution in [0.4, 0.5) is 0 Å². The molecular weight excluding hydrogens is 518 g/mol. The fourth-order valence-electron chi connectivity index (χ4n) is 4.25. The molecule has 0 saturated heterocycles. The number of carbonyl (C=O) groups is 1. The lowest BCUT2D eigenvalue weighted by Crippen LogP contribution is -2.38. The molecule has 3 aromatic rings. The van der Waals surface area contributed by atoms with E-state index in [4.69, 9.17) is 0 Å². The summed E-state index contributed by atoms with van der Waals surface area (Å²) < 4.78 is 29.7. The Morgan fingerprint density at radius 3 is 2.13 bits per heavy atom. The molecular formula is C28H39N5O3S2. The molecule has 0 bridgehead atoms. The van der Waals surface area contributed by atoms with Gasteiger partial charge in [-0.05, 0) is 36.1 Å². The second-order valence-electron chi connectivity index (χ2n) is 9.97. The first kappa shape index (κ1) is 29.9. The van der Waals surface area contributed by atoms with Crippen LogP contribution in [0.2, 0.25) is 0 Å². The molecule has 38 heavy (non-hydrogen) atoms. The van der Waals surface area contributed by atoms with E-state index in [1.54, 1.807) is 18.2 Å². The van der Waals surface area contributed by atoms with Crippen molar-refractivity contribution < 1.29 is 13.2 Å². The molecule has 0 aliphatic carbocycles. The van der Waals surface area contributed by atoms with Gasteiger partial charge in [-0.1, -0.05) is 83.6 Å². The number of amides is 1. The second kappa shape index (κ2) is 13.4. The van der Waals surface area contributed by atoms with Gasteiger partial charge in [0, 0.05) is 37.4 Å². The Balaban J connectivity index is 1.98. The Hall–Kier alpha value is -2.69. The van der Waals surface area contributed by atoms with Crippen molar-refractivity contribution in [3.8, 4) is 17.1 Å². The average molecular weight is 558 g/mol. The lowest BCUT2D eigenvalue weighted by atomic mass is 10.1. The second-order valence-corrected chi connectivity index (χ2v) is 12.8. The summed E-state index contributed by atoms with van der Waals surface area (Å²) in [6.07, 6.45) is 0. The van der Waals surface area contributed by atoms with E-state index < -0.39 is 10.0 Å². The zero-order chi connectivity index (χ0) is 27.9. The van der Waals surface area contributed by atoms with Crippen LogP contribution >= 0.6 is 11.8 Å². The fourth-order valence-corrected chi connectivity index (χ4v) is 6.60. The molecule has 10 heteroatoms. The maximum atomic E-state index is 13.2. The number of hydrogen-bond acceptors (Lipinski definition) is 6. The van der Waals surface area contributed by atoms with Crippen LogP contribution in [0.5, 0.6) is 0 Å². The molecule has 2 aromatic carbocycles. The quantitative estimate of drug-likeness (QED) is 0.269. The third-order valence-corrected chi connectivity index (χ3v) is 8.89. The molecule has 0 unspecified atom stereocenters. The highest BCUT2D eigenvalue weighted by Crippen LogP contribution is 2.30. The number of hydrogen-bond donors (Lipinski definition) is 0. The number of rotatable bonds is 13. The summed E-state index contributed by atoms with van der Waals surface area (Å²) >= 11 is 1.34. The van der Waals surface area contributed by atoms with Crippen LogP contribution in [0.3, 0.4) is 0 Å². The van der Waals surface area contributed by atoms with Crippen LogP contribution in [-0.4, -0.2) is 70.2 Å². The number of benzene rings is 2. The molecule has 0 aliphatic heterocycles. The number of carbonyl (C=O) groups excluding carboxylic acids is 1. The summed E-state index contributed by atoms with van der Waals surface area (Å²) in [6.45, 7) is 14.3. The highest BCUT2D eigenvalue weighted by Gasteiger charge is 2.24. The van der Waals surface area contributed by atoms with Gasteiger partial charge < -0.3 is 4.90 Å². The topological polar surface area (TPSA) is 88.4 Å². The summed E-state index contributed by atoms with van der Waals surface area (Å²) in [7, 11) is -3.63. The zero-order valence-corrected chi connectivity index (χ0v) is 24.8. The Kier molecular flexibility index (Phi) is 10.5. The Morgan fingerprint density at radius 2 is 1.55 bits per heavy atom. The van der Waals surface area contributed by atoms with Crippen molar-refractivity contribution in [2.45, 2.75) is 51.6 Å². The number of aromatic nitrogens is 3.